The van der Waals surface area contributed by atoms with Crippen LogP contribution >= 0.6 is 11.6 Å². The van der Waals surface area contributed by atoms with Crippen LogP contribution in [0.5, 0.6) is 0 Å². The Bertz CT molecular complexity index is 699. The zero-order chi connectivity index (χ0) is 15.5. The molecule has 1 amide bonds. The predicted molar refractivity (Wildman–Crippen MR) is 89.4 cm³/mol. The van der Waals surface area contributed by atoms with Gasteiger partial charge in [0.05, 0.1) is 0 Å². The molecule has 0 saturated heterocycles. The summed E-state index contributed by atoms with van der Waals surface area (Å²) in [6, 6.07) is 13.9. The van der Waals surface area contributed by atoms with E-state index >= 15 is 0 Å². The Morgan fingerprint density at radius 1 is 1.32 bits per heavy atom. The van der Waals surface area contributed by atoms with E-state index < -0.39 is 0 Å². The van der Waals surface area contributed by atoms with E-state index in [-0.39, 0.29) is 11.9 Å². The first-order valence-electron chi connectivity index (χ1n) is 7.50. The molecule has 0 saturated carbocycles. The molecule has 2 aromatic rings. The third-order valence-corrected chi connectivity index (χ3v) is 4.52. The third kappa shape index (κ3) is 3.16. The van der Waals surface area contributed by atoms with Gasteiger partial charge in [-0.3, -0.25) is 4.79 Å². The molecule has 0 bridgehead atoms. The minimum atomic E-state index is -0.0910. The molecule has 114 valence electrons. The van der Waals surface area contributed by atoms with Crippen molar-refractivity contribution in [3.05, 3.63) is 69.7 Å². The molecule has 0 spiro atoms. The van der Waals surface area contributed by atoms with E-state index in [0.29, 0.717) is 17.1 Å². The number of rotatable bonds is 3. The van der Waals surface area contributed by atoms with Crippen LogP contribution in [-0.4, -0.2) is 19.0 Å². The Morgan fingerprint density at radius 2 is 2.14 bits per heavy atom. The molecule has 3 nitrogen and oxygen atoms in total. The first-order chi connectivity index (χ1) is 10.6. The minimum Gasteiger partial charge on any atom is -0.350 e. The van der Waals surface area contributed by atoms with Crippen LogP contribution in [0.1, 0.15) is 33.1 Å². The Balaban J connectivity index is 1.68. The quantitative estimate of drug-likeness (QED) is 0.913. The van der Waals surface area contributed by atoms with Crippen LogP contribution < -0.4 is 10.6 Å². The highest BCUT2D eigenvalue weighted by molar-refractivity contribution is 6.31. The minimum absolute atomic E-state index is 0.0910. The van der Waals surface area contributed by atoms with Gasteiger partial charge in [0.15, 0.2) is 0 Å². The smallest absolute Gasteiger partial charge is 0.251 e. The summed E-state index contributed by atoms with van der Waals surface area (Å²) in [4.78, 5) is 12.3. The fraction of sp³-hybridized carbons (Fsp3) is 0.278. The monoisotopic (exact) mass is 314 g/mol. The number of hydrogen-bond acceptors (Lipinski definition) is 2. The van der Waals surface area contributed by atoms with Crippen molar-refractivity contribution >= 4 is 17.5 Å². The molecular weight excluding hydrogens is 296 g/mol. The number of carbonyl (C=O) groups excluding carboxylic acids is 1. The maximum atomic E-state index is 12.3. The zero-order valence-electron chi connectivity index (χ0n) is 12.5. The molecule has 1 aliphatic rings. The number of carbonyl (C=O) groups is 1. The van der Waals surface area contributed by atoms with Gasteiger partial charge in [0.25, 0.3) is 5.91 Å². The largest absolute Gasteiger partial charge is 0.350 e. The molecule has 1 unspecified atom stereocenters. The number of aryl methyl sites for hydroxylation is 1. The second kappa shape index (κ2) is 6.51. The lowest BCUT2D eigenvalue weighted by molar-refractivity contribution is 0.0949. The summed E-state index contributed by atoms with van der Waals surface area (Å²) in [7, 11) is 0. The van der Waals surface area contributed by atoms with Gasteiger partial charge in [-0.2, -0.15) is 0 Å². The van der Waals surface area contributed by atoms with E-state index in [1.54, 1.807) is 12.1 Å². The molecular formula is C18H19ClN2O. The highest BCUT2D eigenvalue weighted by Gasteiger charge is 2.19. The predicted octanol–water partition coefficient (Wildman–Crippen LogP) is 3.27. The topological polar surface area (TPSA) is 41.1 Å². The zero-order valence-corrected chi connectivity index (χ0v) is 13.3. The van der Waals surface area contributed by atoms with Crippen LogP contribution in [0.15, 0.2) is 42.5 Å². The molecule has 22 heavy (non-hydrogen) atoms. The van der Waals surface area contributed by atoms with Gasteiger partial charge in [0.1, 0.15) is 0 Å². The van der Waals surface area contributed by atoms with Crippen LogP contribution in [-0.2, 0) is 6.42 Å². The second-order valence-electron chi connectivity index (χ2n) is 5.63. The van der Waals surface area contributed by atoms with Crippen molar-refractivity contribution in [3.63, 3.8) is 0 Å². The Morgan fingerprint density at radius 3 is 2.95 bits per heavy atom. The summed E-state index contributed by atoms with van der Waals surface area (Å²) in [5.41, 5.74) is 4.20. The standard InChI is InChI=1S/C18H19ClN2O/c1-12-6-7-14(10-16(12)19)18(22)21-11-17-15-5-3-2-4-13(15)8-9-20-17/h2-7,10,17,20H,8-9,11H2,1H3,(H,21,22). The first kappa shape index (κ1) is 15.1. The second-order valence-corrected chi connectivity index (χ2v) is 6.04. The molecule has 2 N–H and O–H groups in total. The summed E-state index contributed by atoms with van der Waals surface area (Å²) >= 11 is 6.08. The fourth-order valence-corrected chi connectivity index (χ4v) is 2.99. The first-order valence-corrected chi connectivity index (χ1v) is 7.88. The maximum absolute atomic E-state index is 12.3. The summed E-state index contributed by atoms with van der Waals surface area (Å²) < 4.78 is 0. The lowest BCUT2D eigenvalue weighted by Gasteiger charge is -2.27. The van der Waals surface area contributed by atoms with Gasteiger partial charge in [0, 0.05) is 23.2 Å². The SMILES string of the molecule is Cc1ccc(C(=O)NCC2NCCc3ccccc32)cc1Cl. The number of benzene rings is 2. The lowest BCUT2D eigenvalue weighted by atomic mass is 9.94. The van der Waals surface area contributed by atoms with Crippen LogP contribution in [0.4, 0.5) is 0 Å². The molecule has 0 aliphatic carbocycles. The average molecular weight is 315 g/mol. The molecule has 1 atom stereocenters. The third-order valence-electron chi connectivity index (χ3n) is 4.12. The molecule has 3 rings (SSSR count). The van der Waals surface area contributed by atoms with E-state index in [4.69, 9.17) is 11.6 Å². The maximum Gasteiger partial charge on any atom is 0.251 e. The number of fused-ring (bicyclic) bond motifs is 1. The van der Waals surface area contributed by atoms with E-state index in [2.05, 4.69) is 28.8 Å². The van der Waals surface area contributed by atoms with Gasteiger partial charge in [-0.25, -0.2) is 0 Å². The van der Waals surface area contributed by atoms with Gasteiger partial charge in [-0.15, -0.1) is 0 Å². The van der Waals surface area contributed by atoms with E-state index in [1.807, 2.05) is 19.1 Å². The van der Waals surface area contributed by atoms with E-state index in [1.165, 1.54) is 11.1 Å². The molecule has 0 aromatic heterocycles. The van der Waals surface area contributed by atoms with E-state index in [9.17, 15) is 4.79 Å². The van der Waals surface area contributed by atoms with Gasteiger partial charge in [-0.05, 0) is 48.7 Å². The molecule has 2 aromatic carbocycles. The highest BCUT2D eigenvalue weighted by Crippen LogP contribution is 2.22. The van der Waals surface area contributed by atoms with Gasteiger partial charge in [0.2, 0.25) is 0 Å². The van der Waals surface area contributed by atoms with Crippen molar-refractivity contribution in [2.45, 2.75) is 19.4 Å². The van der Waals surface area contributed by atoms with Crippen LogP contribution in [0.25, 0.3) is 0 Å². The van der Waals surface area contributed by atoms with Crippen molar-refractivity contribution in [1.29, 1.82) is 0 Å². The summed E-state index contributed by atoms with van der Waals surface area (Å²) in [6.45, 7) is 3.43. The van der Waals surface area contributed by atoms with Gasteiger partial charge < -0.3 is 10.6 Å². The molecule has 4 heteroatoms. The summed E-state index contributed by atoms with van der Waals surface area (Å²) in [5.74, 6) is -0.0910. The van der Waals surface area contributed by atoms with Crippen molar-refractivity contribution < 1.29 is 4.79 Å². The number of hydrogen-bond donors (Lipinski definition) is 2. The molecule has 1 heterocycles. The Hall–Kier alpha value is -1.84. The van der Waals surface area contributed by atoms with Crippen LogP contribution in [0.3, 0.4) is 0 Å². The Kier molecular flexibility index (Phi) is 4.46. The Labute approximate surface area is 135 Å². The summed E-state index contributed by atoms with van der Waals surface area (Å²) in [6.07, 6.45) is 1.04. The van der Waals surface area contributed by atoms with Crippen molar-refractivity contribution in [1.82, 2.24) is 10.6 Å². The van der Waals surface area contributed by atoms with Crippen molar-refractivity contribution in [3.8, 4) is 0 Å². The number of amides is 1. The van der Waals surface area contributed by atoms with E-state index in [0.717, 1.165) is 18.5 Å². The fourth-order valence-electron chi connectivity index (χ4n) is 2.81. The number of halogens is 1. The summed E-state index contributed by atoms with van der Waals surface area (Å²) in [5, 5.41) is 7.08. The van der Waals surface area contributed by atoms with Gasteiger partial charge in [-0.1, -0.05) is 41.9 Å². The lowest BCUT2D eigenvalue weighted by Crippen LogP contribution is -2.38. The number of nitrogens with one attached hydrogen (secondary N) is 2. The van der Waals surface area contributed by atoms with Crippen molar-refractivity contribution in [2.24, 2.45) is 0 Å². The molecule has 0 radical (unpaired) electrons. The molecule has 1 aliphatic heterocycles. The normalized spacial score (nSPS) is 16.9. The van der Waals surface area contributed by atoms with Crippen LogP contribution in [0, 0.1) is 6.92 Å². The highest BCUT2D eigenvalue weighted by atomic mass is 35.5. The van der Waals surface area contributed by atoms with Crippen molar-refractivity contribution in [2.75, 3.05) is 13.1 Å². The molecule has 0 fully saturated rings. The van der Waals surface area contributed by atoms with Crippen LogP contribution in [0.2, 0.25) is 5.02 Å². The van der Waals surface area contributed by atoms with Gasteiger partial charge >= 0.3 is 0 Å². The average Bonchev–Trinajstić information content (AvgIpc) is 2.55.